The normalized spacial score (nSPS) is 11.3. The van der Waals surface area contributed by atoms with E-state index in [2.05, 4.69) is 20.8 Å². The van der Waals surface area contributed by atoms with Gasteiger partial charge in [-0.15, -0.1) is 0 Å². The lowest BCUT2D eigenvalue weighted by Crippen LogP contribution is -2.61. The van der Waals surface area contributed by atoms with Gasteiger partial charge in [0.1, 0.15) is 0 Å². The molecule has 0 aliphatic carbocycles. The quantitative estimate of drug-likeness (QED) is 0.0878. The van der Waals surface area contributed by atoms with Crippen LogP contribution >= 0.6 is 0 Å². The summed E-state index contributed by atoms with van der Waals surface area (Å²) in [5, 5.41) is 0. The van der Waals surface area contributed by atoms with Crippen molar-refractivity contribution in [2.24, 2.45) is 5.73 Å². The van der Waals surface area contributed by atoms with Gasteiger partial charge in [0.25, 0.3) is 0 Å². The fraction of sp³-hybridized carbons (Fsp3) is 0.903. The van der Waals surface area contributed by atoms with Gasteiger partial charge in [-0.3, -0.25) is 19.1 Å². The van der Waals surface area contributed by atoms with Gasteiger partial charge in [-0.25, -0.2) is 0 Å². The molecule has 0 saturated heterocycles. The fourth-order valence-electron chi connectivity index (χ4n) is 4.79. The van der Waals surface area contributed by atoms with Gasteiger partial charge in [0.15, 0.2) is 22.9 Å². The first-order valence-corrected chi connectivity index (χ1v) is 15.3. The molecule has 0 aromatic heterocycles. The number of nitrogens with two attached hydrogens (primary N) is 1. The molecule has 0 atom stereocenters. The molecule has 0 aliphatic rings. The Labute approximate surface area is 222 Å². The van der Waals surface area contributed by atoms with Gasteiger partial charge in [0, 0.05) is 19.3 Å². The van der Waals surface area contributed by atoms with Crippen LogP contribution in [0.4, 0.5) is 4.70 Å². The van der Waals surface area contributed by atoms with Gasteiger partial charge in [0.2, 0.25) is 0 Å². The molecule has 0 aliphatic heterocycles. The Morgan fingerprint density at radius 2 is 0.611 bits per heavy atom. The van der Waals surface area contributed by atoms with E-state index in [4.69, 9.17) is 5.73 Å². The van der Waals surface area contributed by atoms with E-state index < -0.39 is 5.54 Å². The highest BCUT2D eigenvalue weighted by atomic mass is 19.0. The molecule has 0 radical (unpaired) electrons. The minimum Gasteiger partial charge on any atom is -0.307 e. The Morgan fingerprint density at radius 3 is 0.833 bits per heavy atom. The predicted octanol–water partition coefficient (Wildman–Crippen LogP) is 8.97. The van der Waals surface area contributed by atoms with E-state index in [-0.39, 0.29) is 41.3 Å². The summed E-state index contributed by atoms with van der Waals surface area (Å²) in [4.78, 5) is 39.4. The molecule has 0 spiro atoms. The van der Waals surface area contributed by atoms with E-state index in [0.29, 0.717) is 0 Å². The molecule has 214 valence electrons. The van der Waals surface area contributed by atoms with Crippen LogP contribution in [0.15, 0.2) is 0 Å². The molecule has 0 fully saturated rings. The van der Waals surface area contributed by atoms with Gasteiger partial charge in [0.05, 0.1) is 0 Å². The Morgan fingerprint density at radius 1 is 0.417 bits per heavy atom. The van der Waals surface area contributed by atoms with Crippen LogP contribution in [0.2, 0.25) is 0 Å². The Kier molecular flexibility index (Phi) is 26.3. The van der Waals surface area contributed by atoms with Crippen LogP contribution in [0, 0.1) is 0 Å². The first-order chi connectivity index (χ1) is 16.9. The van der Waals surface area contributed by atoms with Crippen LogP contribution in [0.5, 0.6) is 0 Å². The standard InChI is InChI=1S/C31H59NO3.FH/c1-4-7-10-13-16-19-22-25-28(33)31(32,29(34)26-23-20-17-14-11-8-5-2)30(35)27-24-21-18-15-12-9-6-3;/h4-27,32H2,1-3H3;1H. The van der Waals surface area contributed by atoms with Crippen LogP contribution in [-0.2, 0) is 14.4 Å². The molecule has 0 heterocycles. The minimum atomic E-state index is -1.91. The zero-order chi connectivity index (χ0) is 26.2. The third-order valence-corrected chi connectivity index (χ3v) is 7.34. The first-order valence-electron chi connectivity index (χ1n) is 15.3. The topological polar surface area (TPSA) is 77.2 Å². The van der Waals surface area contributed by atoms with E-state index in [1.807, 2.05) is 0 Å². The maximum absolute atomic E-state index is 13.1. The highest BCUT2D eigenvalue weighted by Gasteiger charge is 2.46. The van der Waals surface area contributed by atoms with Crippen molar-refractivity contribution < 1.29 is 19.1 Å². The summed E-state index contributed by atoms with van der Waals surface area (Å²) in [6, 6.07) is 0. The molecule has 0 rings (SSSR count). The number of unbranched alkanes of at least 4 members (excludes halogenated alkanes) is 18. The second-order valence-corrected chi connectivity index (χ2v) is 10.7. The largest absolute Gasteiger partial charge is 0.307 e. The average Bonchev–Trinajstić information content (AvgIpc) is 2.86. The molecule has 36 heavy (non-hydrogen) atoms. The van der Waals surface area contributed by atoms with Crippen LogP contribution in [-0.4, -0.2) is 22.9 Å². The van der Waals surface area contributed by atoms with Gasteiger partial charge < -0.3 is 5.73 Å². The summed E-state index contributed by atoms with van der Waals surface area (Å²) in [7, 11) is 0. The summed E-state index contributed by atoms with van der Waals surface area (Å²) >= 11 is 0. The molecule has 0 saturated carbocycles. The highest BCUT2D eigenvalue weighted by molar-refractivity contribution is 6.29. The van der Waals surface area contributed by atoms with Gasteiger partial charge in [-0.1, -0.05) is 136 Å². The van der Waals surface area contributed by atoms with Gasteiger partial charge >= 0.3 is 0 Å². The smallest absolute Gasteiger partial charge is 0.193 e. The summed E-state index contributed by atoms with van der Waals surface area (Å²) in [5.74, 6) is -1.02. The Bertz CT molecular complexity index is 476. The first kappa shape index (κ1) is 37.1. The summed E-state index contributed by atoms with van der Waals surface area (Å²) in [5.41, 5.74) is 4.51. The maximum Gasteiger partial charge on any atom is 0.193 e. The molecule has 0 bridgehead atoms. The number of halogens is 1. The Balaban J connectivity index is 0. The molecular formula is C31H60FNO3. The van der Waals surface area contributed by atoms with Crippen molar-refractivity contribution in [1.82, 2.24) is 0 Å². The molecule has 5 heteroatoms. The number of hydrogen-bond acceptors (Lipinski definition) is 4. The molecule has 4 nitrogen and oxygen atoms in total. The SMILES string of the molecule is CCCCCCCCCC(=O)C(N)(C(=O)CCCCCCCCC)C(=O)CCCCCCCCC.F. The second kappa shape index (κ2) is 25.5. The number of ketones is 3. The Hall–Kier alpha value is -1.10. The van der Waals surface area contributed by atoms with E-state index >= 15 is 0 Å². The van der Waals surface area contributed by atoms with Gasteiger partial charge in [-0.05, 0) is 19.3 Å². The predicted molar refractivity (Wildman–Crippen MR) is 152 cm³/mol. The third-order valence-electron chi connectivity index (χ3n) is 7.34. The lowest BCUT2D eigenvalue weighted by atomic mass is 9.79. The van der Waals surface area contributed by atoms with Crippen molar-refractivity contribution in [3.63, 3.8) is 0 Å². The van der Waals surface area contributed by atoms with E-state index in [1.165, 1.54) is 77.0 Å². The second-order valence-electron chi connectivity index (χ2n) is 10.7. The van der Waals surface area contributed by atoms with Crippen molar-refractivity contribution in [2.45, 2.75) is 180 Å². The molecule has 0 amide bonds. The van der Waals surface area contributed by atoms with Crippen LogP contribution in [0.3, 0.4) is 0 Å². The highest BCUT2D eigenvalue weighted by Crippen LogP contribution is 2.21. The lowest BCUT2D eigenvalue weighted by molar-refractivity contribution is -0.142. The number of carbonyl (C=O) groups excluding carboxylic acids is 3. The van der Waals surface area contributed by atoms with Crippen molar-refractivity contribution in [1.29, 1.82) is 0 Å². The van der Waals surface area contributed by atoms with Gasteiger partial charge in [-0.2, -0.15) is 0 Å². The zero-order valence-corrected chi connectivity index (χ0v) is 24.2. The molecule has 2 N–H and O–H groups in total. The average molecular weight is 514 g/mol. The minimum absolute atomic E-state index is 0. The molecule has 0 unspecified atom stereocenters. The summed E-state index contributed by atoms with van der Waals surface area (Å²) < 4.78 is 0. The molecule has 0 aromatic rings. The van der Waals surface area contributed by atoms with Crippen molar-refractivity contribution >= 4 is 17.3 Å². The fourth-order valence-corrected chi connectivity index (χ4v) is 4.79. The van der Waals surface area contributed by atoms with Crippen molar-refractivity contribution in [2.75, 3.05) is 0 Å². The monoisotopic (exact) mass is 513 g/mol. The lowest BCUT2D eigenvalue weighted by Gasteiger charge is -2.25. The molecular weight excluding hydrogens is 453 g/mol. The number of rotatable bonds is 27. The van der Waals surface area contributed by atoms with E-state index in [0.717, 1.165) is 57.8 Å². The molecule has 0 aromatic carbocycles. The maximum atomic E-state index is 13.1. The van der Waals surface area contributed by atoms with Crippen molar-refractivity contribution in [3.8, 4) is 0 Å². The number of Topliss-reactive ketones (excluding diaryl/α,β-unsaturated/α-hetero) is 3. The number of carbonyl (C=O) groups is 3. The summed E-state index contributed by atoms with van der Waals surface area (Å²) in [6.45, 7) is 6.60. The van der Waals surface area contributed by atoms with E-state index in [9.17, 15) is 14.4 Å². The van der Waals surface area contributed by atoms with E-state index in [1.54, 1.807) is 0 Å². The van der Waals surface area contributed by atoms with Crippen molar-refractivity contribution in [3.05, 3.63) is 0 Å². The summed E-state index contributed by atoms with van der Waals surface area (Å²) in [6.07, 6.45) is 23.8. The van der Waals surface area contributed by atoms with Crippen LogP contribution in [0.1, 0.15) is 175 Å². The van der Waals surface area contributed by atoms with Crippen LogP contribution in [0.25, 0.3) is 0 Å². The third kappa shape index (κ3) is 17.4. The van der Waals surface area contributed by atoms with Crippen LogP contribution < -0.4 is 5.73 Å². The number of hydrogen-bond donors (Lipinski definition) is 1. The zero-order valence-electron chi connectivity index (χ0n) is 24.2.